The zero-order valence-electron chi connectivity index (χ0n) is 19.0. The van der Waals surface area contributed by atoms with Gasteiger partial charge in [-0.05, 0) is 22.8 Å². The molecule has 3 aromatic carbocycles. The molecule has 8 nitrogen and oxygen atoms in total. The Kier molecular flexibility index (Phi) is 8.97. The number of nitrogens with zero attached hydrogens (tertiary/aromatic N) is 1. The molecule has 8 heteroatoms. The van der Waals surface area contributed by atoms with E-state index in [-0.39, 0.29) is 19.4 Å². The highest BCUT2D eigenvalue weighted by Crippen LogP contribution is 2.11. The van der Waals surface area contributed by atoms with Crippen LogP contribution >= 0.6 is 0 Å². The summed E-state index contributed by atoms with van der Waals surface area (Å²) in [5.74, 6) is -1.35. The van der Waals surface area contributed by atoms with Gasteiger partial charge < -0.3 is 21.1 Å². The maximum absolute atomic E-state index is 13.2. The highest BCUT2D eigenvalue weighted by molar-refractivity contribution is 5.91. The Morgan fingerprint density at radius 2 is 1.40 bits per heavy atom. The second-order valence-electron chi connectivity index (χ2n) is 7.88. The van der Waals surface area contributed by atoms with Gasteiger partial charge in [0.1, 0.15) is 18.7 Å². The van der Waals surface area contributed by atoms with Crippen molar-refractivity contribution in [1.29, 1.82) is 5.26 Å². The first-order valence-electron chi connectivity index (χ1n) is 11.0. The Bertz CT molecular complexity index is 1190. The van der Waals surface area contributed by atoms with Gasteiger partial charge in [0.15, 0.2) is 0 Å². The van der Waals surface area contributed by atoms with Crippen molar-refractivity contribution in [2.75, 3.05) is 0 Å². The van der Waals surface area contributed by atoms with Gasteiger partial charge >= 0.3 is 6.09 Å². The molecule has 178 valence electrons. The molecule has 2 atom stereocenters. The summed E-state index contributed by atoms with van der Waals surface area (Å²) in [5, 5.41) is 14.5. The van der Waals surface area contributed by atoms with Gasteiger partial charge in [-0.2, -0.15) is 5.26 Å². The first-order valence-corrected chi connectivity index (χ1v) is 11.0. The lowest BCUT2D eigenvalue weighted by Gasteiger charge is -2.22. The van der Waals surface area contributed by atoms with Crippen LogP contribution in [-0.4, -0.2) is 30.0 Å². The van der Waals surface area contributed by atoms with Crippen molar-refractivity contribution >= 4 is 17.9 Å². The molecule has 0 spiro atoms. The highest BCUT2D eigenvalue weighted by atomic mass is 16.5. The van der Waals surface area contributed by atoms with Crippen molar-refractivity contribution in [1.82, 2.24) is 10.6 Å². The lowest BCUT2D eigenvalue weighted by atomic mass is 9.99. The van der Waals surface area contributed by atoms with Crippen LogP contribution in [0.2, 0.25) is 0 Å². The van der Waals surface area contributed by atoms with Crippen LogP contribution in [0, 0.1) is 11.3 Å². The second kappa shape index (κ2) is 12.6. The molecular weight excluding hydrogens is 444 g/mol. The number of benzene rings is 3. The Balaban J connectivity index is 1.72. The third-order valence-corrected chi connectivity index (χ3v) is 5.33. The van der Waals surface area contributed by atoms with E-state index in [1.807, 2.05) is 60.7 Å². The van der Waals surface area contributed by atoms with Crippen LogP contribution in [0.25, 0.3) is 0 Å². The van der Waals surface area contributed by atoms with Crippen molar-refractivity contribution in [3.05, 3.63) is 107 Å². The second-order valence-corrected chi connectivity index (χ2v) is 7.88. The molecule has 4 N–H and O–H groups in total. The monoisotopic (exact) mass is 470 g/mol. The SMILES string of the molecule is N#Cc1ccccc1C[C@H](NC(=O)[C@@H](Cc1ccccc1)NC(=O)OCc1ccccc1)C(N)=O. The van der Waals surface area contributed by atoms with E-state index in [9.17, 15) is 19.6 Å². The summed E-state index contributed by atoms with van der Waals surface area (Å²) in [6, 6.07) is 25.0. The van der Waals surface area contributed by atoms with E-state index in [1.54, 1.807) is 24.3 Å². The van der Waals surface area contributed by atoms with Gasteiger partial charge in [0, 0.05) is 12.8 Å². The van der Waals surface area contributed by atoms with Crippen molar-refractivity contribution in [2.24, 2.45) is 5.73 Å². The highest BCUT2D eigenvalue weighted by Gasteiger charge is 2.27. The molecule has 0 aliphatic heterocycles. The number of nitrogens with one attached hydrogen (secondary N) is 2. The van der Waals surface area contributed by atoms with Crippen molar-refractivity contribution in [3.8, 4) is 6.07 Å². The number of carbonyl (C=O) groups excluding carboxylic acids is 3. The molecule has 0 aliphatic rings. The topological polar surface area (TPSA) is 134 Å². The third kappa shape index (κ3) is 7.72. The zero-order valence-corrected chi connectivity index (χ0v) is 19.0. The average molecular weight is 471 g/mol. The Hall–Kier alpha value is -4.64. The smallest absolute Gasteiger partial charge is 0.408 e. The molecule has 0 aliphatic carbocycles. The van der Waals surface area contributed by atoms with Crippen LogP contribution in [0.4, 0.5) is 4.79 Å². The fraction of sp³-hybridized carbons (Fsp3) is 0.185. The maximum atomic E-state index is 13.2. The number of hydrogen-bond acceptors (Lipinski definition) is 5. The van der Waals surface area contributed by atoms with Gasteiger partial charge in [0.25, 0.3) is 0 Å². The van der Waals surface area contributed by atoms with Crippen LogP contribution in [0.3, 0.4) is 0 Å². The van der Waals surface area contributed by atoms with Gasteiger partial charge in [0.2, 0.25) is 11.8 Å². The predicted octanol–water partition coefficient (Wildman–Crippen LogP) is 2.61. The van der Waals surface area contributed by atoms with Crippen molar-refractivity contribution < 1.29 is 19.1 Å². The van der Waals surface area contributed by atoms with Crippen LogP contribution in [0.15, 0.2) is 84.9 Å². The Morgan fingerprint density at radius 3 is 2.03 bits per heavy atom. The fourth-order valence-electron chi connectivity index (χ4n) is 3.49. The molecule has 0 radical (unpaired) electrons. The van der Waals surface area contributed by atoms with E-state index < -0.39 is 30.0 Å². The molecule has 3 amide bonds. The molecule has 0 saturated carbocycles. The summed E-state index contributed by atoms with van der Waals surface area (Å²) < 4.78 is 5.27. The molecule has 0 heterocycles. The van der Waals surface area contributed by atoms with E-state index >= 15 is 0 Å². The van der Waals surface area contributed by atoms with E-state index in [0.29, 0.717) is 11.1 Å². The summed E-state index contributed by atoms with van der Waals surface area (Å²) in [4.78, 5) is 37.8. The van der Waals surface area contributed by atoms with Crippen molar-refractivity contribution in [3.63, 3.8) is 0 Å². The molecule has 0 bridgehead atoms. The molecule has 0 fully saturated rings. The van der Waals surface area contributed by atoms with Crippen LogP contribution < -0.4 is 16.4 Å². The number of rotatable bonds is 10. The predicted molar refractivity (Wildman–Crippen MR) is 130 cm³/mol. The summed E-state index contributed by atoms with van der Waals surface area (Å²) in [7, 11) is 0. The molecule has 35 heavy (non-hydrogen) atoms. The normalized spacial score (nSPS) is 12.0. The molecule has 0 saturated heterocycles. The van der Waals surface area contributed by atoms with E-state index in [2.05, 4.69) is 16.7 Å². The Morgan fingerprint density at radius 1 is 0.800 bits per heavy atom. The largest absolute Gasteiger partial charge is 0.445 e. The number of amides is 3. The number of ether oxygens (including phenoxy) is 1. The molecule has 3 rings (SSSR count). The fourth-order valence-corrected chi connectivity index (χ4v) is 3.49. The summed E-state index contributed by atoms with van der Waals surface area (Å²) >= 11 is 0. The number of alkyl carbamates (subject to hydrolysis) is 1. The standard InChI is InChI=1S/C27H26N4O4/c28-17-22-14-8-7-13-21(22)16-23(25(29)32)30-26(33)24(15-19-9-3-1-4-10-19)31-27(34)35-18-20-11-5-2-6-12-20/h1-14,23-24H,15-16,18H2,(H2,29,32)(H,30,33)(H,31,34)/t23-,24+/m0/s1. The first-order chi connectivity index (χ1) is 17.0. The number of carbonyl (C=O) groups is 3. The maximum Gasteiger partial charge on any atom is 0.408 e. The van der Waals surface area contributed by atoms with E-state index in [0.717, 1.165) is 11.1 Å². The number of nitriles is 1. The van der Waals surface area contributed by atoms with Crippen LogP contribution in [-0.2, 0) is 33.8 Å². The zero-order chi connectivity index (χ0) is 25.0. The lowest BCUT2D eigenvalue weighted by molar-refractivity contribution is -0.128. The minimum atomic E-state index is -1.07. The van der Waals surface area contributed by atoms with Gasteiger partial charge in [-0.25, -0.2) is 4.79 Å². The first kappa shape index (κ1) is 25.0. The van der Waals surface area contributed by atoms with Gasteiger partial charge in [-0.1, -0.05) is 78.9 Å². The summed E-state index contributed by atoms with van der Waals surface area (Å²) in [5.41, 5.74) is 8.11. The lowest BCUT2D eigenvalue weighted by Crippen LogP contribution is -2.54. The Labute approximate surface area is 203 Å². The molecule has 0 aromatic heterocycles. The van der Waals surface area contributed by atoms with E-state index in [4.69, 9.17) is 10.5 Å². The number of hydrogen-bond donors (Lipinski definition) is 3. The summed E-state index contributed by atoms with van der Waals surface area (Å²) in [6.07, 6.45) is -0.551. The van der Waals surface area contributed by atoms with Gasteiger partial charge in [-0.3, -0.25) is 9.59 Å². The number of nitrogens with two attached hydrogens (primary N) is 1. The minimum absolute atomic E-state index is 0.0429. The summed E-state index contributed by atoms with van der Waals surface area (Å²) in [6.45, 7) is 0.0429. The van der Waals surface area contributed by atoms with Crippen molar-refractivity contribution in [2.45, 2.75) is 31.5 Å². The molecule has 0 unspecified atom stereocenters. The average Bonchev–Trinajstić information content (AvgIpc) is 2.88. The number of primary amides is 1. The van der Waals surface area contributed by atoms with Crippen LogP contribution in [0.1, 0.15) is 22.3 Å². The molecular formula is C27H26N4O4. The van der Waals surface area contributed by atoms with E-state index in [1.165, 1.54) is 0 Å². The third-order valence-electron chi connectivity index (χ3n) is 5.33. The molecule has 3 aromatic rings. The van der Waals surface area contributed by atoms with Gasteiger partial charge in [-0.15, -0.1) is 0 Å². The van der Waals surface area contributed by atoms with Gasteiger partial charge in [0.05, 0.1) is 11.6 Å². The van der Waals surface area contributed by atoms with Crippen LogP contribution in [0.5, 0.6) is 0 Å². The quantitative estimate of drug-likeness (QED) is 0.419. The minimum Gasteiger partial charge on any atom is -0.445 e.